The second kappa shape index (κ2) is 2.47. The molecule has 1 aliphatic heterocycles. The van der Waals surface area contributed by atoms with E-state index in [9.17, 15) is 4.39 Å². The van der Waals surface area contributed by atoms with Crippen LogP contribution in [0, 0.1) is 0 Å². The van der Waals surface area contributed by atoms with Crippen LogP contribution in [0.5, 0.6) is 0 Å². The normalized spacial score (nSPS) is 33.2. The molecule has 1 heterocycles. The van der Waals surface area contributed by atoms with Gasteiger partial charge in [0, 0.05) is 0 Å². The summed E-state index contributed by atoms with van der Waals surface area (Å²) in [5.41, 5.74) is 0. The van der Waals surface area contributed by atoms with E-state index in [0.717, 1.165) is 0 Å². The summed E-state index contributed by atoms with van der Waals surface area (Å²) in [4.78, 5) is 0. The SMILES string of the molecule is OS1(O)OCC(F)(Cl)CO1. The molecule has 0 bridgehead atoms. The summed E-state index contributed by atoms with van der Waals surface area (Å²) in [7, 11) is 0. The third-order valence-electron chi connectivity index (χ3n) is 0.847. The van der Waals surface area contributed by atoms with E-state index in [4.69, 9.17) is 20.7 Å². The van der Waals surface area contributed by atoms with Gasteiger partial charge in [-0.25, -0.2) is 4.39 Å². The van der Waals surface area contributed by atoms with Gasteiger partial charge >= 0.3 is 0 Å². The number of hydrogen-bond acceptors (Lipinski definition) is 4. The third-order valence-corrected chi connectivity index (χ3v) is 1.92. The van der Waals surface area contributed by atoms with E-state index in [0.29, 0.717) is 0 Å². The van der Waals surface area contributed by atoms with Crippen molar-refractivity contribution >= 4 is 22.8 Å². The molecule has 7 heteroatoms. The lowest BCUT2D eigenvalue weighted by molar-refractivity contribution is 0.0229. The minimum Gasteiger partial charge on any atom is -0.287 e. The summed E-state index contributed by atoms with van der Waals surface area (Å²) in [5.74, 6) is 0. The van der Waals surface area contributed by atoms with Gasteiger partial charge in [-0.15, -0.1) is 0 Å². The molecule has 1 saturated heterocycles. The smallest absolute Gasteiger partial charge is 0.232 e. The summed E-state index contributed by atoms with van der Waals surface area (Å²) in [6.07, 6.45) is 0. The fourth-order valence-electron chi connectivity index (χ4n) is 0.402. The van der Waals surface area contributed by atoms with Crippen LogP contribution in [0.25, 0.3) is 0 Å². The van der Waals surface area contributed by atoms with Crippen molar-refractivity contribution in [3.05, 3.63) is 0 Å². The first-order valence-electron chi connectivity index (χ1n) is 2.36. The molecule has 0 saturated carbocycles. The summed E-state index contributed by atoms with van der Waals surface area (Å²) in [6, 6.07) is 0. The molecule has 1 fully saturated rings. The second-order valence-corrected chi connectivity index (χ2v) is 3.87. The van der Waals surface area contributed by atoms with E-state index >= 15 is 0 Å². The van der Waals surface area contributed by atoms with Crippen molar-refractivity contribution in [1.29, 1.82) is 0 Å². The summed E-state index contributed by atoms with van der Waals surface area (Å²) in [6.45, 7) is -1.15. The number of halogens is 2. The second-order valence-electron chi connectivity index (χ2n) is 1.83. The Morgan fingerprint density at radius 1 is 1.40 bits per heavy atom. The highest BCUT2D eigenvalue weighted by Gasteiger charge is 2.39. The zero-order valence-corrected chi connectivity index (χ0v) is 6.36. The van der Waals surface area contributed by atoms with Crippen molar-refractivity contribution in [3.63, 3.8) is 0 Å². The first-order valence-corrected chi connectivity index (χ1v) is 4.14. The van der Waals surface area contributed by atoms with Crippen LogP contribution >= 0.6 is 22.8 Å². The van der Waals surface area contributed by atoms with Crippen LogP contribution in [0.3, 0.4) is 0 Å². The molecule has 0 spiro atoms. The Kier molecular flexibility index (Phi) is 2.10. The molecule has 2 N–H and O–H groups in total. The lowest BCUT2D eigenvalue weighted by atomic mass is 10.4. The zero-order valence-electron chi connectivity index (χ0n) is 4.79. The van der Waals surface area contributed by atoms with E-state index in [1.54, 1.807) is 0 Å². The topological polar surface area (TPSA) is 58.9 Å². The molecule has 0 aromatic heterocycles. The van der Waals surface area contributed by atoms with Gasteiger partial charge in [0.05, 0.1) is 0 Å². The molecule has 1 aliphatic rings. The molecule has 0 unspecified atom stereocenters. The average molecular weight is 193 g/mol. The molecule has 10 heavy (non-hydrogen) atoms. The minimum absolute atomic E-state index is 0.573. The van der Waals surface area contributed by atoms with E-state index < -0.39 is 29.5 Å². The predicted octanol–water partition coefficient (Wildman–Crippen LogP) is 1.52. The van der Waals surface area contributed by atoms with Crippen LogP contribution in [0.15, 0.2) is 0 Å². The molecular weight excluding hydrogens is 187 g/mol. The quantitative estimate of drug-likeness (QED) is 0.572. The molecular formula is C3H6ClFO4S. The maximum atomic E-state index is 12.5. The van der Waals surface area contributed by atoms with E-state index in [-0.39, 0.29) is 0 Å². The molecule has 0 aliphatic carbocycles. The molecule has 0 aromatic rings. The Hall–Kier alpha value is 0.410. The average Bonchev–Trinajstić information content (AvgIpc) is 1.79. The van der Waals surface area contributed by atoms with Gasteiger partial charge in [0.1, 0.15) is 13.2 Å². The van der Waals surface area contributed by atoms with Crippen LogP contribution in [-0.2, 0) is 8.37 Å². The van der Waals surface area contributed by atoms with E-state index in [2.05, 4.69) is 8.37 Å². The Morgan fingerprint density at radius 2 is 1.80 bits per heavy atom. The number of hydrogen-bond donors (Lipinski definition) is 2. The van der Waals surface area contributed by atoms with Crippen molar-refractivity contribution in [2.75, 3.05) is 13.2 Å². The van der Waals surface area contributed by atoms with Gasteiger partial charge in [-0.2, -0.15) is 0 Å². The minimum atomic E-state index is -3.48. The fraction of sp³-hybridized carbons (Fsp3) is 1.00. The molecule has 62 valence electrons. The Morgan fingerprint density at radius 3 is 2.10 bits per heavy atom. The summed E-state index contributed by atoms with van der Waals surface area (Å²) >= 11 is 1.60. The third kappa shape index (κ3) is 2.22. The van der Waals surface area contributed by atoms with Crippen molar-refractivity contribution in [2.24, 2.45) is 0 Å². The maximum absolute atomic E-state index is 12.5. The van der Waals surface area contributed by atoms with Gasteiger partial charge < -0.3 is 0 Å². The molecule has 1 rings (SSSR count). The van der Waals surface area contributed by atoms with Crippen LogP contribution in [0.4, 0.5) is 4.39 Å². The standard InChI is InChI=1S/C3H6ClFO4S/c4-3(5)1-8-10(6,7)9-2-3/h6-7H,1-2H2. The molecule has 0 amide bonds. The molecule has 4 nitrogen and oxygen atoms in total. The zero-order chi connectivity index (χ0) is 7.83. The molecule has 0 aromatic carbocycles. The summed E-state index contributed by atoms with van der Waals surface area (Å²) < 4.78 is 38.0. The van der Waals surface area contributed by atoms with Gasteiger partial charge in [-0.05, 0) is 0 Å². The Balaban J connectivity index is 2.46. The largest absolute Gasteiger partial charge is 0.287 e. The first kappa shape index (κ1) is 8.51. The highest BCUT2D eigenvalue weighted by atomic mass is 35.5. The van der Waals surface area contributed by atoms with Crippen molar-refractivity contribution in [1.82, 2.24) is 0 Å². The van der Waals surface area contributed by atoms with Crippen molar-refractivity contribution in [3.8, 4) is 0 Å². The van der Waals surface area contributed by atoms with Crippen LogP contribution < -0.4 is 0 Å². The van der Waals surface area contributed by atoms with Crippen LogP contribution in [-0.4, -0.2) is 27.4 Å². The lowest BCUT2D eigenvalue weighted by Gasteiger charge is -2.34. The molecule has 0 atom stereocenters. The number of alkyl halides is 2. The Bertz CT molecular complexity index is 112. The fourth-order valence-corrected chi connectivity index (χ4v) is 1.39. The highest BCUT2D eigenvalue weighted by molar-refractivity contribution is 8.16. The van der Waals surface area contributed by atoms with Gasteiger partial charge in [0.25, 0.3) is 0 Å². The Labute approximate surface area is 63.6 Å². The van der Waals surface area contributed by atoms with E-state index in [1.807, 2.05) is 0 Å². The van der Waals surface area contributed by atoms with Crippen LogP contribution in [0.2, 0.25) is 0 Å². The van der Waals surface area contributed by atoms with Crippen molar-refractivity contribution < 1.29 is 21.9 Å². The monoisotopic (exact) mass is 192 g/mol. The summed E-state index contributed by atoms with van der Waals surface area (Å²) in [5, 5.41) is -2.14. The maximum Gasteiger partial charge on any atom is 0.232 e. The predicted molar refractivity (Wildman–Crippen MR) is 34.4 cm³/mol. The van der Waals surface area contributed by atoms with Gasteiger partial charge in [-0.3, -0.25) is 17.5 Å². The van der Waals surface area contributed by atoms with Crippen molar-refractivity contribution in [2.45, 2.75) is 5.13 Å². The van der Waals surface area contributed by atoms with Crippen LogP contribution in [0.1, 0.15) is 0 Å². The van der Waals surface area contributed by atoms with Gasteiger partial charge in [0.2, 0.25) is 16.3 Å². The van der Waals surface area contributed by atoms with Gasteiger partial charge in [0.15, 0.2) is 0 Å². The highest BCUT2D eigenvalue weighted by Crippen LogP contribution is 2.47. The lowest BCUT2D eigenvalue weighted by Crippen LogP contribution is -2.35. The number of rotatable bonds is 0. The van der Waals surface area contributed by atoms with Gasteiger partial charge in [-0.1, -0.05) is 11.6 Å². The molecule has 0 radical (unpaired) electrons. The first-order chi connectivity index (χ1) is 4.41. The van der Waals surface area contributed by atoms with E-state index in [1.165, 1.54) is 0 Å².